The molecule has 0 spiro atoms. The molecule has 126 valence electrons. The van der Waals surface area contributed by atoms with Gasteiger partial charge >= 0.3 is 0 Å². The molecule has 1 aliphatic heterocycles. The average molecular weight is 310 g/mol. The third-order valence-corrected chi connectivity index (χ3v) is 4.15. The summed E-state index contributed by atoms with van der Waals surface area (Å²) in [5, 5.41) is 0. The molecule has 1 heterocycles. The van der Waals surface area contributed by atoms with Crippen LogP contribution in [0.2, 0.25) is 0 Å². The van der Waals surface area contributed by atoms with Crippen molar-refractivity contribution < 1.29 is 19.0 Å². The monoisotopic (exact) mass is 310 g/mol. The van der Waals surface area contributed by atoms with Gasteiger partial charge in [-0.3, -0.25) is 0 Å². The Morgan fingerprint density at radius 2 is 2.05 bits per heavy atom. The molecule has 0 bridgehead atoms. The van der Waals surface area contributed by atoms with Crippen LogP contribution in [-0.2, 0) is 19.0 Å². The first-order valence-corrected chi connectivity index (χ1v) is 8.28. The van der Waals surface area contributed by atoms with Crippen molar-refractivity contribution in [1.29, 1.82) is 0 Å². The molecule has 1 aliphatic rings. The largest absolute Gasteiger partial charge is 0.462 e. The van der Waals surface area contributed by atoms with Crippen LogP contribution in [0.25, 0.3) is 0 Å². The maximum absolute atomic E-state index is 11.5. The molecule has 0 aliphatic carbocycles. The second-order valence-electron chi connectivity index (χ2n) is 5.68. The van der Waals surface area contributed by atoms with Crippen LogP contribution in [0.5, 0.6) is 0 Å². The van der Waals surface area contributed by atoms with E-state index >= 15 is 0 Å². The standard InChI is InChI=1S/C18H30O4/c1-6-10-16-14(5)11-17(15(12-19)13-20-9-4)22-18(7-2,8-3)21-16/h6,10,12,15,17H,7-9,11,13H2,1-5H3. The van der Waals surface area contributed by atoms with E-state index in [1.54, 1.807) is 0 Å². The molecular formula is C18H30O4. The van der Waals surface area contributed by atoms with Gasteiger partial charge in [0.1, 0.15) is 12.0 Å². The number of hydrogen-bond acceptors (Lipinski definition) is 4. The van der Waals surface area contributed by atoms with Crippen molar-refractivity contribution in [1.82, 2.24) is 0 Å². The summed E-state index contributed by atoms with van der Waals surface area (Å²) in [6.45, 7) is 11.0. The fourth-order valence-corrected chi connectivity index (χ4v) is 2.65. The third-order valence-electron chi connectivity index (χ3n) is 4.15. The highest BCUT2D eigenvalue weighted by atomic mass is 16.7. The van der Waals surface area contributed by atoms with Gasteiger partial charge in [-0.1, -0.05) is 19.9 Å². The van der Waals surface area contributed by atoms with Gasteiger partial charge in [0.15, 0.2) is 0 Å². The summed E-state index contributed by atoms with van der Waals surface area (Å²) in [4.78, 5) is 11.5. The summed E-state index contributed by atoms with van der Waals surface area (Å²) in [5.41, 5.74) is 1.11. The van der Waals surface area contributed by atoms with Crippen molar-refractivity contribution in [3.63, 3.8) is 0 Å². The van der Waals surface area contributed by atoms with Gasteiger partial charge in [-0.05, 0) is 38.8 Å². The van der Waals surface area contributed by atoms with Crippen LogP contribution in [0.15, 0.2) is 23.5 Å². The molecule has 2 unspecified atom stereocenters. The zero-order valence-electron chi connectivity index (χ0n) is 14.6. The zero-order valence-corrected chi connectivity index (χ0v) is 14.6. The van der Waals surface area contributed by atoms with Gasteiger partial charge in [0, 0.05) is 19.4 Å². The summed E-state index contributed by atoms with van der Waals surface area (Å²) >= 11 is 0. The number of rotatable bonds is 8. The maximum Gasteiger partial charge on any atom is 0.210 e. The quantitative estimate of drug-likeness (QED) is 0.635. The van der Waals surface area contributed by atoms with Gasteiger partial charge in [0.25, 0.3) is 0 Å². The fraction of sp³-hybridized carbons (Fsp3) is 0.722. The first-order valence-electron chi connectivity index (χ1n) is 8.28. The van der Waals surface area contributed by atoms with Crippen molar-refractivity contribution in [2.45, 2.75) is 65.8 Å². The Morgan fingerprint density at radius 1 is 1.36 bits per heavy atom. The predicted octanol–water partition coefficient (Wildman–Crippen LogP) is 4.01. The van der Waals surface area contributed by atoms with Crippen molar-refractivity contribution in [3.8, 4) is 0 Å². The highest BCUT2D eigenvalue weighted by molar-refractivity contribution is 5.55. The number of carbonyl (C=O) groups is 1. The summed E-state index contributed by atoms with van der Waals surface area (Å²) in [7, 11) is 0. The molecule has 0 N–H and O–H groups in total. The van der Waals surface area contributed by atoms with Crippen LogP contribution in [0, 0.1) is 5.92 Å². The highest BCUT2D eigenvalue weighted by Crippen LogP contribution is 2.36. The zero-order chi connectivity index (χ0) is 16.6. The Labute approximate surface area is 134 Å². The van der Waals surface area contributed by atoms with E-state index in [1.165, 1.54) is 0 Å². The lowest BCUT2D eigenvalue weighted by molar-refractivity contribution is -0.244. The van der Waals surface area contributed by atoms with Crippen LogP contribution < -0.4 is 0 Å². The molecule has 0 aromatic heterocycles. The van der Waals surface area contributed by atoms with Crippen molar-refractivity contribution in [2.75, 3.05) is 13.2 Å². The van der Waals surface area contributed by atoms with E-state index in [0.29, 0.717) is 19.6 Å². The van der Waals surface area contributed by atoms with E-state index in [4.69, 9.17) is 14.2 Å². The number of carbonyl (C=O) groups excluding carboxylic acids is 1. The molecule has 0 radical (unpaired) electrons. The summed E-state index contributed by atoms with van der Waals surface area (Å²) in [6, 6.07) is 0. The highest BCUT2D eigenvalue weighted by Gasteiger charge is 2.39. The van der Waals surface area contributed by atoms with Crippen LogP contribution in [0.4, 0.5) is 0 Å². The Bertz CT molecular complexity index is 407. The van der Waals surface area contributed by atoms with Gasteiger partial charge in [0.2, 0.25) is 5.79 Å². The first-order chi connectivity index (χ1) is 10.6. The number of allylic oxidation sites excluding steroid dienone is 2. The normalized spacial score (nSPS) is 23.2. The van der Waals surface area contributed by atoms with Gasteiger partial charge in [-0.2, -0.15) is 0 Å². The molecular weight excluding hydrogens is 280 g/mol. The molecule has 0 amide bonds. The van der Waals surface area contributed by atoms with Gasteiger partial charge < -0.3 is 19.0 Å². The number of hydrogen-bond donors (Lipinski definition) is 0. The summed E-state index contributed by atoms with van der Waals surface area (Å²) in [6.07, 6.45) is 6.81. The van der Waals surface area contributed by atoms with Crippen LogP contribution in [0.3, 0.4) is 0 Å². The van der Waals surface area contributed by atoms with E-state index in [2.05, 4.69) is 0 Å². The minimum Gasteiger partial charge on any atom is -0.462 e. The fourth-order valence-electron chi connectivity index (χ4n) is 2.65. The second-order valence-corrected chi connectivity index (χ2v) is 5.68. The summed E-state index contributed by atoms with van der Waals surface area (Å²) < 4.78 is 17.9. The smallest absolute Gasteiger partial charge is 0.210 e. The molecule has 0 aromatic rings. The van der Waals surface area contributed by atoms with E-state index in [0.717, 1.165) is 30.5 Å². The first kappa shape index (κ1) is 18.9. The predicted molar refractivity (Wildman–Crippen MR) is 87.4 cm³/mol. The molecule has 0 saturated carbocycles. The Morgan fingerprint density at radius 3 is 2.55 bits per heavy atom. The molecule has 4 nitrogen and oxygen atoms in total. The lowest BCUT2D eigenvalue weighted by Gasteiger charge is -2.35. The molecule has 0 aromatic carbocycles. The summed E-state index contributed by atoms with van der Waals surface area (Å²) in [5.74, 6) is -0.0965. The third kappa shape index (κ3) is 4.68. The number of ether oxygens (including phenoxy) is 3. The Kier molecular flexibility index (Phi) is 7.83. The van der Waals surface area contributed by atoms with E-state index in [1.807, 2.05) is 46.8 Å². The van der Waals surface area contributed by atoms with Crippen LogP contribution >= 0.6 is 0 Å². The molecule has 1 rings (SSSR count). The van der Waals surface area contributed by atoms with Crippen LogP contribution in [-0.4, -0.2) is 31.4 Å². The molecule has 2 atom stereocenters. The van der Waals surface area contributed by atoms with E-state index < -0.39 is 5.79 Å². The lowest BCUT2D eigenvalue weighted by atomic mass is 9.97. The molecule has 0 saturated heterocycles. The SMILES string of the molecule is CC=CC1=C(C)CC(C(C=O)COCC)OC(CC)(CC)O1. The van der Waals surface area contributed by atoms with Gasteiger partial charge in [0.05, 0.1) is 18.6 Å². The van der Waals surface area contributed by atoms with Crippen molar-refractivity contribution >= 4 is 6.29 Å². The van der Waals surface area contributed by atoms with Crippen molar-refractivity contribution in [3.05, 3.63) is 23.5 Å². The average Bonchev–Trinajstić information content (AvgIpc) is 2.66. The van der Waals surface area contributed by atoms with Gasteiger partial charge in [-0.25, -0.2) is 0 Å². The minimum absolute atomic E-state index is 0.216. The topological polar surface area (TPSA) is 44.8 Å². The van der Waals surface area contributed by atoms with Crippen molar-refractivity contribution in [2.24, 2.45) is 5.92 Å². The van der Waals surface area contributed by atoms with Gasteiger partial charge in [-0.15, -0.1) is 0 Å². The lowest BCUT2D eigenvalue weighted by Crippen LogP contribution is -2.41. The minimum atomic E-state index is -0.676. The van der Waals surface area contributed by atoms with E-state index in [9.17, 15) is 4.79 Å². The number of aldehydes is 1. The van der Waals surface area contributed by atoms with E-state index in [-0.39, 0.29) is 12.0 Å². The second kappa shape index (κ2) is 9.11. The Hall–Kier alpha value is -1.13. The molecule has 4 heteroatoms. The van der Waals surface area contributed by atoms with Crippen LogP contribution in [0.1, 0.15) is 53.9 Å². The maximum atomic E-state index is 11.5. The molecule has 22 heavy (non-hydrogen) atoms. The molecule has 0 fully saturated rings. The Balaban J connectivity index is 3.10.